The van der Waals surface area contributed by atoms with E-state index in [1.54, 1.807) is 0 Å². The predicted molar refractivity (Wildman–Crippen MR) is 210 cm³/mol. The number of aromatic nitrogens is 4. The molecule has 0 amide bonds. The topological polar surface area (TPSA) is 57.4 Å². The van der Waals surface area contributed by atoms with Gasteiger partial charge in [0, 0.05) is 39.6 Å². The first kappa shape index (κ1) is 32.6. The van der Waals surface area contributed by atoms with Gasteiger partial charge in [0.1, 0.15) is 0 Å². The second-order valence-electron chi connectivity index (χ2n) is 14.1. The molecule has 0 spiro atoms. The molecule has 4 heteroatoms. The summed E-state index contributed by atoms with van der Waals surface area (Å²) in [7, 11) is 0. The Kier molecular flexibility index (Phi) is 8.30. The molecule has 0 saturated heterocycles. The van der Waals surface area contributed by atoms with Crippen LogP contribution in [0.3, 0.4) is 0 Å². The maximum absolute atomic E-state index is 5.64. The van der Waals surface area contributed by atoms with Gasteiger partial charge < -0.3 is 9.97 Å². The quantitative estimate of drug-likeness (QED) is 0.200. The Hall–Kier alpha value is -4.96. The zero-order valence-electron chi connectivity index (χ0n) is 30.8. The molecule has 3 aromatic heterocycles. The van der Waals surface area contributed by atoms with E-state index in [9.17, 15) is 0 Å². The van der Waals surface area contributed by atoms with Crippen LogP contribution in [0.4, 0.5) is 0 Å². The Morgan fingerprint density at radius 3 is 1.71 bits per heavy atom. The Labute approximate surface area is 291 Å². The maximum Gasteiger partial charge on any atom is 0.0769 e. The summed E-state index contributed by atoms with van der Waals surface area (Å²) in [4.78, 5) is 18.9. The number of allylic oxidation sites excluding steroid dienone is 4. The van der Waals surface area contributed by atoms with E-state index in [0.29, 0.717) is 0 Å². The number of aryl methyl sites for hydroxylation is 6. The van der Waals surface area contributed by atoms with Gasteiger partial charge in [0.15, 0.2) is 0 Å². The number of hydrogen-bond donors (Lipinski definition) is 2. The van der Waals surface area contributed by atoms with E-state index in [1.807, 2.05) is 0 Å². The molecule has 2 aliphatic rings. The van der Waals surface area contributed by atoms with E-state index in [0.717, 1.165) is 64.2 Å². The number of aromatic amines is 2. The lowest BCUT2D eigenvalue weighted by atomic mass is 9.93. The second kappa shape index (κ2) is 12.5. The van der Waals surface area contributed by atoms with Crippen molar-refractivity contribution in [1.82, 2.24) is 19.9 Å². The highest BCUT2D eigenvalue weighted by atomic mass is 14.8. The van der Waals surface area contributed by atoms with Crippen LogP contribution in [0.25, 0.3) is 55.5 Å². The van der Waals surface area contributed by atoms with Crippen LogP contribution >= 0.6 is 0 Å². The van der Waals surface area contributed by atoms with Crippen molar-refractivity contribution in [2.75, 3.05) is 0 Å². The minimum Gasteiger partial charge on any atom is -0.355 e. The standard InChI is InChI=1S/C45H48N4/c1-11-34-30(9)38-22-37-26(5)27(6)44(47-37)41(33-19-15-25(4)16-20-33)45-29(8)28(7)42(49-45)36(21-32-17-13-24(3)14-18-32)43-31(10)35(12-2)40(48-43)23-39(34)46-38/h13-20,22-23,46,48H,11-12,21H2,1-10H3. The summed E-state index contributed by atoms with van der Waals surface area (Å²) in [6.07, 6.45) is 2.66. The van der Waals surface area contributed by atoms with Crippen molar-refractivity contribution in [3.8, 4) is 11.1 Å². The van der Waals surface area contributed by atoms with Gasteiger partial charge in [0.25, 0.3) is 0 Å². The fourth-order valence-corrected chi connectivity index (χ4v) is 7.74. The molecule has 0 fully saturated rings. The molecule has 0 atom stereocenters. The second-order valence-corrected chi connectivity index (χ2v) is 14.1. The Morgan fingerprint density at radius 2 is 1.06 bits per heavy atom. The first-order valence-corrected chi connectivity index (χ1v) is 17.8. The molecule has 4 nitrogen and oxygen atoms in total. The number of nitrogens with zero attached hydrogens (tertiary/aromatic N) is 2. The average Bonchev–Trinajstić information content (AvgIpc) is 3.75. The molecule has 49 heavy (non-hydrogen) atoms. The Balaban J connectivity index is 1.73. The lowest BCUT2D eigenvalue weighted by Crippen LogP contribution is -1.97. The van der Waals surface area contributed by atoms with Gasteiger partial charge in [-0.05, 0) is 136 Å². The van der Waals surface area contributed by atoms with Crippen LogP contribution in [0.5, 0.6) is 0 Å². The first-order chi connectivity index (χ1) is 23.5. The largest absolute Gasteiger partial charge is 0.355 e. The number of hydrogen-bond acceptors (Lipinski definition) is 2. The maximum atomic E-state index is 5.64. The van der Waals surface area contributed by atoms with Crippen molar-refractivity contribution in [1.29, 1.82) is 0 Å². The molecule has 248 valence electrons. The highest BCUT2D eigenvalue weighted by Crippen LogP contribution is 2.43. The lowest BCUT2D eigenvalue weighted by Gasteiger charge is -2.10. The van der Waals surface area contributed by atoms with Crippen molar-refractivity contribution >= 4 is 44.4 Å². The minimum absolute atomic E-state index is 0.776. The van der Waals surface area contributed by atoms with E-state index in [1.165, 1.54) is 77.8 Å². The van der Waals surface area contributed by atoms with Crippen LogP contribution in [0.15, 0.2) is 60.7 Å². The van der Waals surface area contributed by atoms with Crippen LogP contribution in [-0.4, -0.2) is 19.9 Å². The van der Waals surface area contributed by atoms with Crippen molar-refractivity contribution in [2.24, 2.45) is 0 Å². The van der Waals surface area contributed by atoms with Gasteiger partial charge in [0.2, 0.25) is 0 Å². The summed E-state index contributed by atoms with van der Waals surface area (Å²) in [5, 5.41) is 0. The summed E-state index contributed by atoms with van der Waals surface area (Å²) in [5.74, 6) is 0. The van der Waals surface area contributed by atoms with Crippen LogP contribution in [-0.2, 0) is 19.3 Å². The van der Waals surface area contributed by atoms with Gasteiger partial charge >= 0.3 is 0 Å². The van der Waals surface area contributed by atoms with Gasteiger partial charge in [-0.3, -0.25) is 0 Å². The van der Waals surface area contributed by atoms with Gasteiger partial charge in [-0.2, -0.15) is 0 Å². The average molecular weight is 645 g/mol. The number of fused-ring (bicyclic) bond motifs is 8. The van der Waals surface area contributed by atoms with Gasteiger partial charge in [-0.15, -0.1) is 0 Å². The molecule has 2 N–H and O–H groups in total. The lowest BCUT2D eigenvalue weighted by molar-refractivity contribution is 1.13. The fourth-order valence-electron chi connectivity index (χ4n) is 7.74. The van der Waals surface area contributed by atoms with Crippen molar-refractivity contribution in [3.63, 3.8) is 0 Å². The molecule has 5 aromatic rings. The fraction of sp³-hybridized carbons (Fsp3) is 0.289. The predicted octanol–water partition coefficient (Wildman–Crippen LogP) is 11.8. The smallest absolute Gasteiger partial charge is 0.0769 e. The summed E-state index contributed by atoms with van der Waals surface area (Å²) >= 11 is 0. The highest BCUT2D eigenvalue weighted by molar-refractivity contribution is 6.02. The van der Waals surface area contributed by atoms with Gasteiger partial charge in [0.05, 0.1) is 22.8 Å². The first-order valence-electron chi connectivity index (χ1n) is 17.8. The normalized spacial score (nSPS) is 13.2. The number of H-pyrrole nitrogens is 2. The molecular formula is C45H48N4. The molecule has 8 bridgehead atoms. The highest BCUT2D eigenvalue weighted by Gasteiger charge is 2.26. The molecule has 0 unspecified atom stereocenters. The third kappa shape index (κ3) is 5.48. The van der Waals surface area contributed by atoms with Crippen LogP contribution < -0.4 is 0 Å². The van der Waals surface area contributed by atoms with E-state index in [2.05, 4.69) is 140 Å². The van der Waals surface area contributed by atoms with Crippen molar-refractivity contribution in [3.05, 3.63) is 128 Å². The zero-order valence-corrected chi connectivity index (χ0v) is 30.8. The minimum atomic E-state index is 0.776. The van der Waals surface area contributed by atoms with Crippen LogP contribution in [0.2, 0.25) is 0 Å². The molecule has 7 rings (SSSR count). The SMILES string of the molecule is CCc1c(C)c2cc3nc(c(-c4ccc(C)cc4)c4nc(c(Cc5ccc(C)cc5)c5[nH]c(cc1[nH]2)c(CC)c5C)C(C)=C4C)C(C)=C3C. The number of benzene rings is 2. The molecule has 0 saturated carbocycles. The summed E-state index contributed by atoms with van der Waals surface area (Å²) < 4.78 is 0. The molecule has 2 aromatic carbocycles. The van der Waals surface area contributed by atoms with E-state index < -0.39 is 0 Å². The molecule has 0 radical (unpaired) electrons. The monoisotopic (exact) mass is 644 g/mol. The van der Waals surface area contributed by atoms with E-state index in [4.69, 9.17) is 9.97 Å². The summed E-state index contributed by atoms with van der Waals surface area (Å²) in [6.45, 7) is 22.2. The third-order valence-corrected chi connectivity index (χ3v) is 11.1. The molecule has 0 aliphatic carbocycles. The summed E-state index contributed by atoms with van der Waals surface area (Å²) in [5.41, 5.74) is 26.0. The Bertz CT molecular complexity index is 2370. The Morgan fingerprint density at radius 1 is 0.510 bits per heavy atom. The van der Waals surface area contributed by atoms with Crippen LogP contribution in [0.1, 0.15) is 109 Å². The summed E-state index contributed by atoms with van der Waals surface area (Å²) in [6, 6.07) is 22.4. The van der Waals surface area contributed by atoms with Gasteiger partial charge in [-0.1, -0.05) is 73.5 Å². The molecule has 5 heterocycles. The van der Waals surface area contributed by atoms with Crippen molar-refractivity contribution < 1.29 is 0 Å². The van der Waals surface area contributed by atoms with E-state index >= 15 is 0 Å². The number of rotatable bonds is 5. The zero-order chi connectivity index (χ0) is 34.7. The third-order valence-electron chi connectivity index (χ3n) is 11.1. The number of nitrogens with one attached hydrogen (secondary N) is 2. The van der Waals surface area contributed by atoms with Crippen molar-refractivity contribution in [2.45, 2.75) is 88.5 Å². The molecular weight excluding hydrogens is 597 g/mol. The van der Waals surface area contributed by atoms with Crippen LogP contribution in [0, 0.1) is 27.7 Å². The van der Waals surface area contributed by atoms with Gasteiger partial charge in [-0.25, -0.2) is 9.97 Å². The van der Waals surface area contributed by atoms with E-state index in [-0.39, 0.29) is 0 Å². The molecule has 2 aliphatic heterocycles.